The van der Waals surface area contributed by atoms with Crippen LogP contribution in [0.15, 0.2) is 18.5 Å². The summed E-state index contributed by atoms with van der Waals surface area (Å²) in [7, 11) is 2.28. The quantitative estimate of drug-likeness (QED) is 0.914. The van der Waals surface area contributed by atoms with Gasteiger partial charge in [0.1, 0.15) is 0 Å². The molecule has 3 heteroatoms. The van der Waals surface area contributed by atoms with E-state index in [0.717, 1.165) is 12.6 Å². The SMILES string of the molecule is Cc1ccncc1C1C(CNC2CC2)CCCCN1C. The van der Waals surface area contributed by atoms with E-state index in [1.807, 2.05) is 6.20 Å². The Balaban J connectivity index is 1.81. The average Bonchev–Trinajstić information content (AvgIpc) is 3.26. The molecule has 20 heavy (non-hydrogen) atoms. The van der Waals surface area contributed by atoms with Gasteiger partial charge in [0.2, 0.25) is 0 Å². The predicted molar refractivity (Wildman–Crippen MR) is 82.7 cm³/mol. The number of hydrogen-bond acceptors (Lipinski definition) is 3. The summed E-state index contributed by atoms with van der Waals surface area (Å²) in [5.41, 5.74) is 2.81. The first-order valence-electron chi connectivity index (χ1n) is 8.10. The van der Waals surface area contributed by atoms with Gasteiger partial charge in [0.15, 0.2) is 0 Å². The Hall–Kier alpha value is -0.930. The predicted octanol–water partition coefficient (Wildman–Crippen LogP) is 2.92. The Morgan fingerprint density at radius 2 is 2.15 bits per heavy atom. The van der Waals surface area contributed by atoms with Crippen molar-refractivity contribution in [3.05, 3.63) is 29.6 Å². The zero-order valence-corrected chi connectivity index (χ0v) is 12.8. The molecule has 0 amide bonds. The summed E-state index contributed by atoms with van der Waals surface area (Å²) in [6, 6.07) is 3.48. The molecule has 0 aromatic carbocycles. The van der Waals surface area contributed by atoms with Crippen LogP contribution in [0.3, 0.4) is 0 Å². The zero-order chi connectivity index (χ0) is 13.9. The number of pyridine rings is 1. The lowest BCUT2D eigenvalue weighted by Gasteiger charge is -2.33. The highest BCUT2D eigenvalue weighted by Crippen LogP contribution is 2.35. The third-order valence-corrected chi connectivity index (χ3v) is 4.90. The average molecular weight is 273 g/mol. The van der Waals surface area contributed by atoms with E-state index in [1.54, 1.807) is 0 Å². The second kappa shape index (κ2) is 6.23. The zero-order valence-electron chi connectivity index (χ0n) is 12.8. The van der Waals surface area contributed by atoms with Crippen LogP contribution < -0.4 is 5.32 Å². The topological polar surface area (TPSA) is 28.2 Å². The van der Waals surface area contributed by atoms with Crippen molar-refractivity contribution in [1.29, 1.82) is 0 Å². The first-order chi connectivity index (χ1) is 9.75. The fourth-order valence-corrected chi connectivity index (χ4v) is 3.52. The molecule has 1 aliphatic carbocycles. The molecule has 1 saturated heterocycles. The molecule has 2 fully saturated rings. The van der Waals surface area contributed by atoms with Crippen LogP contribution >= 0.6 is 0 Å². The van der Waals surface area contributed by atoms with Crippen molar-refractivity contribution in [2.75, 3.05) is 20.1 Å². The van der Waals surface area contributed by atoms with E-state index in [9.17, 15) is 0 Å². The molecule has 2 atom stereocenters. The first kappa shape index (κ1) is 14.0. The molecule has 110 valence electrons. The lowest BCUT2D eigenvalue weighted by atomic mass is 9.88. The Morgan fingerprint density at radius 1 is 1.30 bits per heavy atom. The van der Waals surface area contributed by atoms with Crippen molar-refractivity contribution in [1.82, 2.24) is 15.2 Å². The van der Waals surface area contributed by atoms with Crippen LogP contribution in [-0.4, -0.2) is 36.1 Å². The number of hydrogen-bond donors (Lipinski definition) is 1. The van der Waals surface area contributed by atoms with Crippen molar-refractivity contribution in [3.8, 4) is 0 Å². The first-order valence-corrected chi connectivity index (χ1v) is 8.10. The summed E-state index contributed by atoms with van der Waals surface area (Å²) < 4.78 is 0. The highest BCUT2D eigenvalue weighted by molar-refractivity contribution is 5.26. The molecule has 2 unspecified atom stereocenters. The number of likely N-dealkylation sites (tertiary alicyclic amines) is 1. The van der Waals surface area contributed by atoms with Gasteiger partial charge in [-0.05, 0) is 69.3 Å². The van der Waals surface area contributed by atoms with E-state index in [1.165, 1.54) is 49.8 Å². The van der Waals surface area contributed by atoms with Gasteiger partial charge in [0.05, 0.1) is 0 Å². The maximum Gasteiger partial charge on any atom is 0.0403 e. The fourth-order valence-electron chi connectivity index (χ4n) is 3.52. The van der Waals surface area contributed by atoms with Gasteiger partial charge in [-0.1, -0.05) is 6.42 Å². The summed E-state index contributed by atoms with van der Waals surface area (Å²) in [6.45, 7) is 4.59. The molecule has 0 spiro atoms. The van der Waals surface area contributed by atoms with Gasteiger partial charge in [0.25, 0.3) is 0 Å². The van der Waals surface area contributed by atoms with E-state index < -0.39 is 0 Å². The lowest BCUT2D eigenvalue weighted by Crippen LogP contribution is -2.36. The van der Waals surface area contributed by atoms with Crippen LogP contribution in [0.2, 0.25) is 0 Å². The number of rotatable bonds is 4. The fraction of sp³-hybridized carbons (Fsp3) is 0.706. The largest absolute Gasteiger partial charge is 0.314 e. The summed E-state index contributed by atoms with van der Waals surface area (Å²) in [5, 5.41) is 3.75. The van der Waals surface area contributed by atoms with E-state index in [-0.39, 0.29) is 0 Å². The van der Waals surface area contributed by atoms with Gasteiger partial charge in [-0.3, -0.25) is 9.88 Å². The summed E-state index contributed by atoms with van der Waals surface area (Å²) in [4.78, 5) is 6.93. The standard InChI is InChI=1S/C17H27N3/c1-13-8-9-18-12-16(13)17-14(11-19-15-6-7-15)5-3-4-10-20(17)2/h8-9,12,14-15,17,19H,3-7,10-11H2,1-2H3. The molecule has 2 aliphatic rings. The molecule has 1 aromatic rings. The van der Waals surface area contributed by atoms with Crippen LogP contribution in [0.5, 0.6) is 0 Å². The number of aryl methyl sites for hydroxylation is 1. The molecule has 1 N–H and O–H groups in total. The smallest absolute Gasteiger partial charge is 0.0403 e. The maximum atomic E-state index is 4.38. The highest BCUT2D eigenvalue weighted by atomic mass is 15.1. The molecule has 1 aliphatic heterocycles. The third-order valence-electron chi connectivity index (χ3n) is 4.90. The molecular formula is C17H27N3. The number of nitrogens with zero attached hydrogens (tertiary/aromatic N) is 2. The van der Waals surface area contributed by atoms with Gasteiger partial charge >= 0.3 is 0 Å². The third kappa shape index (κ3) is 3.21. The van der Waals surface area contributed by atoms with Crippen molar-refractivity contribution < 1.29 is 0 Å². The van der Waals surface area contributed by atoms with Gasteiger partial charge in [-0.2, -0.15) is 0 Å². The van der Waals surface area contributed by atoms with Crippen LogP contribution in [0.1, 0.15) is 49.3 Å². The Bertz CT molecular complexity index is 442. The van der Waals surface area contributed by atoms with E-state index in [2.05, 4.69) is 41.4 Å². The van der Waals surface area contributed by atoms with Crippen LogP contribution in [0.25, 0.3) is 0 Å². The molecule has 3 rings (SSSR count). The van der Waals surface area contributed by atoms with Crippen LogP contribution in [0.4, 0.5) is 0 Å². The Labute approximate surface area is 122 Å². The van der Waals surface area contributed by atoms with Crippen molar-refractivity contribution in [2.45, 2.75) is 51.1 Å². The molecule has 0 bridgehead atoms. The second-order valence-electron chi connectivity index (χ2n) is 6.60. The molecular weight excluding hydrogens is 246 g/mol. The summed E-state index contributed by atoms with van der Waals surface area (Å²) >= 11 is 0. The molecule has 0 radical (unpaired) electrons. The maximum absolute atomic E-state index is 4.38. The van der Waals surface area contributed by atoms with Crippen LogP contribution in [0, 0.1) is 12.8 Å². The van der Waals surface area contributed by atoms with Gasteiger partial charge in [-0.15, -0.1) is 0 Å². The second-order valence-corrected chi connectivity index (χ2v) is 6.60. The molecule has 1 saturated carbocycles. The van der Waals surface area contributed by atoms with Crippen LogP contribution in [-0.2, 0) is 0 Å². The highest BCUT2D eigenvalue weighted by Gasteiger charge is 2.31. The summed E-state index contributed by atoms with van der Waals surface area (Å²) in [6.07, 6.45) is 10.8. The van der Waals surface area contributed by atoms with Gasteiger partial charge in [0, 0.05) is 31.0 Å². The van der Waals surface area contributed by atoms with E-state index in [4.69, 9.17) is 0 Å². The molecule has 1 aromatic heterocycles. The summed E-state index contributed by atoms with van der Waals surface area (Å²) in [5.74, 6) is 0.714. The minimum atomic E-state index is 0.525. The van der Waals surface area contributed by atoms with E-state index in [0.29, 0.717) is 12.0 Å². The van der Waals surface area contributed by atoms with E-state index >= 15 is 0 Å². The van der Waals surface area contributed by atoms with Gasteiger partial charge in [-0.25, -0.2) is 0 Å². The lowest BCUT2D eigenvalue weighted by molar-refractivity contribution is 0.187. The number of aromatic nitrogens is 1. The minimum absolute atomic E-state index is 0.525. The Kier molecular flexibility index (Phi) is 4.37. The Morgan fingerprint density at radius 3 is 2.90 bits per heavy atom. The number of nitrogens with one attached hydrogen (secondary N) is 1. The van der Waals surface area contributed by atoms with Crippen molar-refractivity contribution in [2.24, 2.45) is 5.92 Å². The normalized spacial score (nSPS) is 28.3. The minimum Gasteiger partial charge on any atom is -0.314 e. The molecule has 3 nitrogen and oxygen atoms in total. The monoisotopic (exact) mass is 273 g/mol. The van der Waals surface area contributed by atoms with Gasteiger partial charge < -0.3 is 5.32 Å². The van der Waals surface area contributed by atoms with Crippen molar-refractivity contribution in [3.63, 3.8) is 0 Å². The van der Waals surface area contributed by atoms with Crippen molar-refractivity contribution >= 4 is 0 Å². The molecule has 2 heterocycles.